The summed E-state index contributed by atoms with van der Waals surface area (Å²) in [5.74, 6) is -0.139. The molecule has 0 aliphatic carbocycles. The van der Waals surface area contributed by atoms with Crippen molar-refractivity contribution in [2.75, 3.05) is 13.2 Å². The van der Waals surface area contributed by atoms with Crippen molar-refractivity contribution in [1.29, 1.82) is 0 Å². The first-order valence-electron chi connectivity index (χ1n) is 26.6. The molecule has 0 spiro atoms. The van der Waals surface area contributed by atoms with Crippen molar-refractivity contribution in [1.82, 2.24) is 5.32 Å². The van der Waals surface area contributed by atoms with Gasteiger partial charge in [-0.3, -0.25) is 9.59 Å². The van der Waals surface area contributed by atoms with Crippen LogP contribution in [0.15, 0.2) is 24.3 Å². The van der Waals surface area contributed by atoms with E-state index in [1.165, 1.54) is 180 Å². The summed E-state index contributed by atoms with van der Waals surface area (Å²) >= 11 is 0. The van der Waals surface area contributed by atoms with Gasteiger partial charge in [0, 0.05) is 12.8 Å². The Balaban J connectivity index is 3.54. The number of amides is 1. The number of rotatable bonds is 49. The van der Waals surface area contributed by atoms with Gasteiger partial charge in [0.1, 0.15) is 0 Å². The minimum absolute atomic E-state index is 0.0445. The van der Waals surface area contributed by atoms with Gasteiger partial charge in [-0.25, -0.2) is 0 Å². The quantitative estimate of drug-likeness (QED) is 0.0322. The molecule has 0 heterocycles. The summed E-state index contributed by atoms with van der Waals surface area (Å²) in [7, 11) is 0. The highest BCUT2D eigenvalue weighted by atomic mass is 16.5. The Hall–Kier alpha value is -1.66. The number of aliphatic hydroxyl groups excluding tert-OH is 2. The van der Waals surface area contributed by atoms with Gasteiger partial charge in [-0.15, -0.1) is 0 Å². The molecular formula is C54H103NO5. The molecule has 1 amide bonds. The molecule has 6 heteroatoms. The Morgan fingerprint density at radius 3 is 1.23 bits per heavy atom. The van der Waals surface area contributed by atoms with Crippen LogP contribution in [0.1, 0.15) is 284 Å². The van der Waals surface area contributed by atoms with Crippen molar-refractivity contribution in [2.24, 2.45) is 0 Å². The molecule has 0 aromatic carbocycles. The van der Waals surface area contributed by atoms with Crippen LogP contribution in [-0.4, -0.2) is 47.4 Å². The third-order valence-electron chi connectivity index (χ3n) is 12.2. The molecule has 0 aromatic rings. The van der Waals surface area contributed by atoms with Crippen molar-refractivity contribution >= 4 is 11.9 Å². The molecule has 0 rings (SSSR count). The first kappa shape index (κ1) is 58.3. The van der Waals surface area contributed by atoms with Gasteiger partial charge in [-0.05, 0) is 70.6 Å². The van der Waals surface area contributed by atoms with Gasteiger partial charge >= 0.3 is 5.97 Å². The lowest BCUT2D eigenvalue weighted by Crippen LogP contribution is -2.45. The van der Waals surface area contributed by atoms with Crippen LogP contribution < -0.4 is 5.32 Å². The summed E-state index contributed by atoms with van der Waals surface area (Å²) in [6, 6.07) is -0.580. The third-order valence-corrected chi connectivity index (χ3v) is 12.2. The largest absolute Gasteiger partial charge is 0.466 e. The summed E-state index contributed by atoms with van der Waals surface area (Å²) in [6.07, 6.45) is 58.8. The van der Waals surface area contributed by atoms with Crippen molar-refractivity contribution in [2.45, 2.75) is 296 Å². The van der Waals surface area contributed by atoms with E-state index >= 15 is 0 Å². The highest BCUT2D eigenvalue weighted by molar-refractivity contribution is 5.76. The molecule has 6 nitrogen and oxygen atoms in total. The Kier molecular flexibility index (Phi) is 48.6. The molecule has 2 unspecified atom stereocenters. The molecule has 0 aliphatic heterocycles. The number of carbonyl (C=O) groups is 2. The highest BCUT2D eigenvalue weighted by Gasteiger charge is 2.20. The van der Waals surface area contributed by atoms with Gasteiger partial charge < -0.3 is 20.3 Å². The van der Waals surface area contributed by atoms with E-state index in [1.807, 2.05) is 0 Å². The zero-order valence-corrected chi connectivity index (χ0v) is 40.2. The minimum Gasteiger partial charge on any atom is -0.466 e. The molecule has 0 fully saturated rings. The Labute approximate surface area is 373 Å². The van der Waals surface area contributed by atoms with Gasteiger partial charge in [0.15, 0.2) is 0 Å². The highest BCUT2D eigenvalue weighted by Crippen LogP contribution is 2.17. The van der Waals surface area contributed by atoms with E-state index in [1.54, 1.807) is 0 Å². The van der Waals surface area contributed by atoms with Crippen molar-refractivity contribution in [3.8, 4) is 0 Å². The zero-order chi connectivity index (χ0) is 43.7. The molecule has 0 saturated carbocycles. The smallest absolute Gasteiger partial charge is 0.305 e. The standard InChI is InChI=1S/C54H103NO5/c1-3-5-7-9-11-13-15-17-18-19-20-21-22-23-24-26-27-30-34-38-42-46-52(57)51(50-56)55-53(58)47-43-39-35-31-29-33-37-41-45-49-60-54(59)48-44-40-36-32-28-25-16-14-12-10-8-6-4-2/h14,16,31,35,51-52,56-57H,3-13,15,17-30,32-34,36-50H2,1-2H3,(H,55,58)/b16-14-,35-31-. The maximum absolute atomic E-state index is 12.4. The molecule has 354 valence electrons. The lowest BCUT2D eigenvalue weighted by atomic mass is 10.0. The number of ether oxygens (including phenoxy) is 1. The van der Waals surface area contributed by atoms with Crippen molar-refractivity contribution < 1.29 is 24.5 Å². The number of carbonyl (C=O) groups excluding carboxylic acids is 2. The summed E-state index contributed by atoms with van der Waals surface area (Å²) in [4.78, 5) is 24.5. The first-order valence-corrected chi connectivity index (χ1v) is 26.6. The maximum atomic E-state index is 12.4. The minimum atomic E-state index is -0.696. The number of aliphatic hydroxyl groups is 2. The molecule has 0 bridgehead atoms. The lowest BCUT2D eigenvalue weighted by molar-refractivity contribution is -0.143. The van der Waals surface area contributed by atoms with E-state index in [9.17, 15) is 19.8 Å². The van der Waals surface area contributed by atoms with Crippen LogP contribution in [0.5, 0.6) is 0 Å². The average Bonchev–Trinajstić information content (AvgIpc) is 3.25. The van der Waals surface area contributed by atoms with E-state index in [4.69, 9.17) is 4.74 Å². The predicted octanol–water partition coefficient (Wildman–Crippen LogP) is 15.9. The van der Waals surface area contributed by atoms with Crippen molar-refractivity contribution in [3.63, 3.8) is 0 Å². The van der Waals surface area contributed by atoms with E-state index in [2.05, 4.69) is 43.5 Å². The third kappa shape index (κ3) is 45.9. The van der Waals surface area contributed by atoms with Gasteiger partial charge in [0.2, 0.25) is 5.91 Å². The Bertz CT molecular complexity index is 935. The molecular weight excluding hydrogens is 743 g/mol. The van der Waals surface area contributed by atoms with E-state index in [0.29, 0.717) is 25.9 Å². The SMILES string of the molecule is CCCCCC/C=C\CCCCCCCC(=O)OCCCCCC/C=C\CCCC(=O)NC(CO)C(O)CCCCCCCCCCCCCCCCCCCCCCC. The second-order valence-corrected chi connectivity index (χ2v) is 18.2. The summed E-state index contributed by atoms with van der Waals surface area (Å²) in [5, 5.41) is 23.2. The average molecular weight is 846 g/mol. The maximum Gasteiger partial charge on any atom is 0.305 e. The topological polar surface area (TPSA) is 95.9 Å². The normalized spacial score (nSPS) is 12.8. The summed E-state index contributed by atoms with van der Waals surface area (Å²) < 4.78 is 5.43. The first-order chi connectivity index (χ1) is 29.5. The number of unbranched alkanes of at least 4 members (excludes halogenated alkanes) is 34. The second-order valence-electron chi connectivity index (χ2n) is 18.2. The van der Waals surface area contributed by atoms with Crippen LogP contribution in [0.2, 0.25) is 0 Å². The fourth-order valence-electron chi connectivity index (χ4n) is 8.11. The molecule has 0 aliphatic rings. The number of allylic oxidation sites excluding steroid dienone is 4. The predicted molar refractivity (Wildman–Crippen MR) is 260 cm³/mol. The van der Waals surface area contributed by atoms with Gasteiger partial charge in [0.05, 0.1) is 25.4 Å². The van der Waals surface area contributed by atoms with E-state index < -0.39 is 12.1 Å². The fourth-order valence-corrected chi connectivity index (χ4v) is 8.11. The summed E-state index contributed by atoms with van der Waals surface area (Å²) in [6.45, 7) is 4.85. The molecule has 2 atom stereocenters. The lowest BCUT2D eigenvalue weighted by Gasteiger charge is -2.22. The molecule has 0 aromatic heterocycles. The second kappa shape index (κ2) is 50.0. The number of esters is 1. The van der Waals surface area contributed by atoms with Crippen LogP contribution in [0.25, 0.3) is 0 Å². The monoisotopic (exact) mass is 846 g/mol. The van der Waals surface area contributed by atoms with Crippen molar-refractivity contribution in [3.05, 3.63) is 24.3 Å². The summed E-state index contributed by atoms with van der Waals surface area (Å²) in [5.41, 5.74) is 0. The van der Waals surface area contributed by atoms with Gasteiger partial charge in [-0.2, -0.15) is 0 Å². The van der Waals surface area contributed by atoms with E-state index in [0.717, 1.165) is 70.6 Å². The van der Waals surface area contributed by atoms with Crippen LogP contribution in [0, 0.1) is 0 Å². The number of hydrogen-bond donors (Lipinski definition) is 3. The van der Waals surface area contributed by atoms with E-state index in [-0.39, 0.29) is 18.5 Å². The Morgan fingerprint density at radius 1 is 0.450 bits per heavy atom. The zero-order valence-electron chi connectivity index (χ0n) is 40.2. The van der Waals surface area contributed by atoms with Gasteiger partial charge in [-0.1, -0.05) is 224 Å². The fraction of sp³-hybridized carbons (Fsp3) is 0.889. The van der Waals surface area contributed by atoms with Crippen LogP contribution in [-0.2, 0) is 14.3 Å². The van der Waals surface area contributed by atoms with Gasteiger partial charge in [0.25, 0.3) is 0 Å². The number of nitrogens with one attached hydrogen (secondary N) is 1. The van der Waals surface area contributed by atoms with Crippen LogP contribution in [0.4, 0.5) is 0 Å². The molecule has 0 radical (unpaired) electrons. The molecule has 60 heavy (non-hydrogen) atoms. The van der Waals surface area contributed by atoms with Crippen LogP contribution in [0.3, 0.4) is 0 Å². The van der Waals surface area contributed by atoms with Crippen LogP contribution >= 0.6 is 0 Å². The number of hydrogen-bond acceptors (Lipinski definition) is 5. The molecule has 3 N–H and O–H groups in total. The Morgan fingerprint density at radius 2 is 0.800 bits per heavy atom. The molecule has 0 saturated heterocycles.